The average Bonchev–Trinajstić information content (AvgIpc) is 2.69. The van der Waals surface area contributed by atoms with Gasteiger partial charge in [-0.3, -0.25) is 0 Å². The molecule has 1 aliphatic rings. The van der Waals surface area contributed by atoms with Gasteiger partial charge in [0.2, 0.25) is 0 Å². The van der Waals surface area contributed by atoms with E-state index in [1.54, 1.807) is 0 Å². The molecule has 0 amide bonds. The summed E-state index contributed by atoms with van der Waals surface area (Å²) >= 11 is 0. The van der Waals surface area contributed by atoms with Gasteiger partial charge in [0.15, 0.2) is 0 Å². The van der Waals surface area contributed by atoms with Crippen LogP contribution >= 0.6 is 0 Å². The summed E-state index contributed by atoms with van der Waals surface area (Å²) in [5.74, 6) is 0. The summed E-state index contributed by atoms with van der Waals surface area (Å²) in [5.41, 5.74) is 5.74. The molecule has 3 N–H and O–H groups in total. The third-order valence-electron chi connectivity index (χ3n) is 4.99. The van der Waals surface area contributed by atoms with Crippen molar-refractivity contribution in [3.05, 3.63) is 77.2 Å². The first-order chi connectivity index (χ1) is 12.7. The monoisotopic (exact) mass is 352 g/mol. The minimum atomic E-state index is -0.343. The molecule has 1 unspecified atom stereocenters. The van der Waals surface area contributed by atoms with Crippen LogP contribution < -0.4 is 5.32 Å². The molecule has 1 heterocycles. The van der Waals surface area contributed by atoms with Gasteiger partial charge in [-0.2, -0.15) is 0 Å². The highest BCUT2D eigenvalue weighted by Crippen LogP contribution is 2.23. The van der Waals surface area contributed by atoms with Gasteiger partial charge in [-0.05, 0) is 41.7 Å². The summed E-state index contributed by atoms with van der Waals surface area (Å²) in [6.07, 6.45) is 3.12. The summed E-state index contributed by atoms with van der Waals surface area (Å²) in [6, 6.07) is 17.1. The van der Waals surface area contributed by atoms with Gasteiger partial charge in [-0.1, -0.05) is 43.3 Å². The van der Waals surface area contributed by atoms with Crippen molar-refractivity contribution in [3.63, 3.8) is 0 Å². The molecule has 0 aromatic heterocycles. The molecular formula is C22H28N2O2. The number of rotatable bonds is 6. The zero-order valence-electron chi connectivity index (χ0n) is 15.4. The highest BCUT2D eigenvalue weighted by molar-refractivity contribution is 5.45. The largest absolute Gasteiger partial charge is 0.514 e. The zero-order valence-corrected chi connectivity index (χ0v) is 15.4. The van der Waals surface area contributed by atoms with Crippen LogP contribution in [0.3, 0.4) is 0 Å². The maximum absolute atomic E-state index is 9.73. The fourth-order valence-corrected chi connectivity index (χ4v) is 3.28. The first-order valence-electron chi connectivity index (χ1n) is 9.35. The Morgan fingerprint density at radius 3 is 2.35 bits per heavy atom. The Morgan fingerprint density at radius 2 is 1.69 bits per heavy atom. The predicted octanol–water partition coefficient (Wildman–Crippen LogP) is 4.22. The number of benzene rings is 2. The Labute approximate surface area is 155 Å². The topological polar surface area (TPSA) is 55.7 Å². The van der Waals surface area contributed by atoms with Crippen LogP contribution in [0.25, 0.3) is 0 Å². The van der Waals surface area contributed by atoms with E-state index in [9.17, 15) is 10.2 Å². The molecule has 4 heteroatoms. The lowest BCUT2D eigenvalue weighted by atomic mass is 10.0. The number of aliphatic hydroxyl groups is 2. The smallest absolute Gasteiger partial charge is 0.0984 e. The van der Waals surface area contributed by atoms with Crippen LogP contribution in [0, 0.1) is 0 Å². The molecule has 0 saturated carbocycles. The second kappa shape index (κ2) is 8.77. The van der Waals surface area contributed by atoms with Gasteiger partial charge in [-0.25, -0.2) is 0 Å². The van der Waals surface area contributed by atoms with E-state index in [2.05, 4.69) is 65.7 Å². The number of aryl methyl sites for hydroxylation is 1. The van der Waals surface area contributed by atoms with Crippen LogP contribution in [-0.2, 0) is 19.5 Å². The SMILES string of the molecule is CCc1ccc(NCc2ccc(CN3CCC(O)C/C3=C/O)cc2)cc1. The summed E-state index contributed by atoms with van der Waals surface area (Å²) in [5, 5.41) is 22.6. The molecule has 2 aromatic carbocycles. The van der Waals surface area contributed by atoms with E-state index in [4.69, 9.17) is 0 Å². The van der Waals surface area contributed by atoms with Crippen LogP contribution in [0.5, 0.6) is 0 Å². The van der Waals surface area contributed by atoms with Crippen LogP contribution in [-0.4, -0.2) is 27.8 Å². The molecule has 1 saturated heterocycles. The maximum Gasteiger partial charge on any atom is 0.0984 e. The molecule has 0 bridgehead atoms. The number of likely N-dealkylation sites (tertiary alicyclic amines) is 1. The van der Waals surface area contributed by atoms with Crippen LogP contribution in [0.4, 0.5) is 5.69 Å². The van der Waals surface area contributed by atoms with Gasteiger partial charge < -0.3 is 20.4 Å². The minimum absolute atomic E-state index is 0.343. The van der Waals surface area contributed by atoms with Gasteiger partial charge in [0.05, 0.1) is 18.1 Å². The Balaban J connectivity index is 1.54. The van der Waals surface area contributed by atoms with E-state index >= 15 is 0 Å². The lowest BCUT2D eigenvalue weighted by Crippen LogP contribution is -2.33. The van der Waals surface area contributed by atoms with E-state index < -0.39 is 0 Å². The summed E-state index contributed by atoms with van der Waals surface area (Å²) in [6.45, 7) is 4.48. The summed E-state index contributed by atoms with van der Waals surface area (Å²) in [4.78, 5) is 2.13. The molecule has 0 aliphatic carbocycles. The number of hydrogen-bond acceptors (Lipinski definition) is 4. The lowest BCUT2D eigenvalue weighted by Gasteiger charge is -2.33. The summed E-state index contributed by atoms with van der Waals surface area (Å²) < 4.78 is 0. The van der Waals surface area contributed by atoms with Crippen LogP contribution in [0.15, 0.2) is 60.5 Å². The maximum atomic E-state index is 9.73. The number of nitrogens with zero attached hydrogens (tertiary/aromatic N) is 1. The first kappa shape index (κ1) is 18.3. The third kappa shape index (κ3) is 4.79. The number of piperidine rings is 1. The molecule has 2 aromatic rings. The van der Waals surface area contributed by atoms with Crippen LogP contribution in [0.1, 0.15) is 36.5 Å². The standard InChI is InChI=1S/C22H28N2O2/c1-2-17-7-9-20(10-8-17)23-14-18-3-5-19(6-4-18)15-24-12-11-22(26)13-21(24)16-25/h3-10,16,22-23,25-26H,2,11-15H2,1H3/b21-16-. The van der Waals surface area contributed by atoms with Gasteiger partial charge in [0.1, 0.15) is 0 Å². The molecule has 1 fully saturated rings. The molecule has 26 heavy (non-hydrogen) atoms. The molecule has 4 nitrogen and oxygen atoms in total. The van der Waals surface area contributed by atoms with Gasteiger partial charge >= 0.3 is 0 Å². The first-order valence-corrected chi connectivity index (χ1v) is 9.35. The Kier molecular flexibility index (Phi) is 6.18. The molecule has 1 aliphatic heterocycles. The van der Waals surface area contributed by atoms with E-state index in [1.165, 1.54) is 16.7 Å². The summed E-state index contributed by atoms with van der Waals surface area (Å²) in [7, 11) is 0. The molecule has 3 rings (SSSR count). The average molecular weight is 352 g/mol. The highest BCUT2D eigenvalue weighted by atomic mass is 16.3. The van der Waals surface area contributed by atoms with E-state index in [0.717, 1.165) is 50.1 Å². The van der Waals surface area contributed by atoms with Crippen molar-refractivity contribution in [2.75, 3.05) is 11.9 Å². The van der Waals surface area contributed by atoms with E-state index in [1.807, 2.05) is 0 Å². The fourth-order valence-electron chi connectivity index (χ4n) is 3.28. The van der Waals surface area contributed by atoms with Crippen molar-refractivity contribution < 1.29 is 10.2 Å². The predicted molar refractivity (Wildman–Crippen MR) is 106 cm³/mol. The quantitative estimate of drug-likeness (QED) is 0.682. The number of hydrogen-bond donors (Lipinski definition) is 3. The molecule has 0 radical (unpaired) electrons. The normalized spacial score (nSPS) is 18.9. The van der Waals surface area contributed by atoms with Crippen LogP contribution in [0.2, 0.25) is 0 Å². The Morgan fingerprint density at radius 1 is 1.04 bits per heavy atom. The Hall–Kier alpha value is -2.46. The number of anilines is 1. The van der Waals surface area contributed by atoms with Crippen molar-refractivity contribution in [2.24, 2.45) is 0 Å². The van der Waals surface area contributed by atoms with E-state index in [-0.39, 0.29) is 6.10 Å². The second-order valence-corrected chi connectivity index (χ2v) is 6.91. The third-order valence-corrected chi connectivity index (χ3v) is 4.99. The minimum Gasteiger partial charge on any atom is -0.514 e. The van der Waals surface area contributed by atoms with Gasteiger partial charge in [0.25, 0.3) is 0 Å². The molecule has 0 spiro atoms. The highest BCUT2D eigenvalue weighted by Gasteiger charge is 2.21. The Bertz CT molecular complexity index is 723. The van der Waals surface area contributed by atoms with Crippen molar-refractivity contribution in [1.82, 2.24) is 4.90 Å². The number of nitrogens with one attached hydrogen (secondary N) is 1. The molecule has 1 atom stereocenters. The van der Waals surface area contributed by atoms with E-state index in [0.29, 0.717) is 6.42 Å². The van der Waals surface area contributed by atoms with Crippen molar-refractivity contribution in [2.45, 2.75) is 45.4 Å². The fraction of sp³-hybridized carbons (Fsp3) is 0.364. The van der Waals surface area contributed by atoms with Gasteiger partial charge in [0, 0.05) is 31.7 Å². The molecule has 138 valence electrons. The van der Waals surface area contributed by atoms with Crippen molar-refractivity contribution in [3.8, 4) is 0 Å². The van der Waals surface area contributed by atoms with Gasteiger partial charge in [-0.15, -0.1) is 0 Å². The second-order valence-electron chi connectivity index (χ2n) is 6.91. The zero-order chi connectivity index (χ0) is 18.4. The molecular weight excluding hydrogens is 324 g/mol. The van der Waals surface area contributed by atoms with Crippen molar-refractivity contribution >= 4 is 5.69 Å². The number of aliphatic hydroxyl groups excluding tert-OH is 2. The lowest BCUT2D eigenvalue weighted by molar-refractivity contribution is 0.105. The van der Waals surface area contributed by atoms with Crippen molar-refractivity contribution in [1.29, 1.82) is 0 Å².